The molecule has 0 radical (unpaired) electrons. The molecule has 0 saturated heterocycles. The number of hydrogen-bond donors (Lipinski definition) is 1. The number of ether oxygens (including phenoxy) is 1. The third-order valence-electron chi connectivity index (χ3n) is 5.26. The quantitative estimate of drug-likeness (QED) is 0.637. The van der Waals surface area contributed by atoms with Gasteiger partial charge in [-0.05, 0) is 61.9 Å². The van der Waals surface area contributed by atoms with Crippen molar-refractivity contribution in [2.45, 2.75) is 59.0 Å². The first-order valence-corrected chi connectivity index (χ1v) is 7.86. The SMILES string of the molecule is CC(=O)OCC1=C[C@@H]2[C@@H](CC1)[C@@](C)(O)CC[C@H]2C(C)C. The van der Waals surface area contributed by atoms with Crippen LogP contribution in [0.1, 0.15) is 53.4 Å². The Labute approximate surface area is 122 Å². The highest BCUT2D eigenvalue weighted by Gasteiger charge is 2.46. The third-order valence-corrected chi connectivity index (χ3v) is 5.26. The van der Waals surface area contributed by atoms with Crippen LogP contribution in [-0.4, -0.2) is 23.3 Å². The van der Waals surface area contributed by atoms with Gasteiger partial charge < -0.3 is 9.84 Å². The van der Waals surface area contributed by atoms with E-state index >= 15 is 0 Å². The molecule has 1 saturated carbocycles. The van der Waals surface area contributed by atoms with Crippen LogP contribution in [0.15, 0.2) is 11.6 Å². The van der Waals surface area contributed by atoms with Crippen LogP contribution < -0.4 is 0 Å². The molecule has 0 spiro atoms. The van der Waals surface area contributed by atoms with E-state index in [1.807, 2.05) is 6.92 Å². The second-order valence-corrected chi connectivity index (χ2v) is 7.13. The average molecular weight is 280 g/mol. The first kappa shape index (κ1) is 15.6. The number of esters is 1. The van der Waals surface area contributed by atoms with Crippen LogP contribution in [0.4, 0.5) is 0 Å². The van der Waals surface area contributed by atoms with Crippen molar-refractivity contribution < 1.29 is 14.6 Å². The maximum atomic E-state index is 11.0. The summed E-state index contributed by atoms with van der Waals surface area (Å²) in [7, 11) is 0. The van der Waals surface area contributed by atoms with E-state index in [4.69, 9.17) is 4.74 Å². The summed E-state index contributed by atoms with van der Waals surface area (Å²) in [6.07, 6.45) is 6.24. The molecule has 0 aromatic rings. The minimum atomic E-state index is -0.542. The van der Waals surface area contributed by atoms with Crippen LogP contribution >= 0.6 is 0 Å². The first-order chi connectivity index (χ1) is 9.31. The summed E-state index contributed by atoms with van der Waals surface area (Å²) in [6.45, 7) is 8.41. The van der Waals surface area contributed by atoms with E-state index < -0.39 is 5.60 Å². The molecule has 2 aliphatic rings. The number of allylic oxidation sites excluding steroid dienone is 1. The number of carbonyl (C=O) groups is 1. The van der Waals surface area contributed by atoms with Crippen LogP contribution in [0.25, 0.3) is 0 Å². The third kappa shape index (κ3) is 3.25. The van der Waals surface area contributed by atoms with Gasteiger partial charge in [-0.25, -0.2) is 0 Å². The zero-order valence-corrected chi connectivity index (χ0v) is 13.2. The fourth-order valence-corrected chi connectivity index (χ4v) is 4.08. The Kier molecular flexibility index (Phi) is 4.58. The molecular formula is C17H28O3. The van der Waals surface area contributed by atoms with Crippen molar-refractivity contribution in [3.63, 3.8) is 0 Å². The summed E-state index contributed by atoms with van der Waals surface area (Å²) in [5.41, 5.74) is 0.685. The molecule has 3 nitrogen and oxygen atoms in total. The van der Waals surface area contributed by atoms with Crippen molar-refractivity contribution >= 4 is 5.97 Å². The van der Waals surface area contributed by atoms with Gasteiger partial charge in [0.25, 0.3) is 0 Å². The topological polar surface area (TPSA) is 46.5 Å². The fraction of sp³-hybridized carbons (Fsp3) is 0.824. The maximum Gasteiger partial charge on any atom is 0.302 e. The minimum Gasteiger partial charge on any atom is -0.461 e. The number of aliphatic hydroxyl groups is 1. The van der Waals surface area contributed by atoms with E-state index in [1.54, 1.807) is 0 Å². The van der Waals surface area contributed by atoms with Crippen LogP contribution in [0.2, 0.25) is 0 Å². The van der Waals surface area contributed by atoms with Gasteiger partial charge in [0.2, 0.25) is 0 Å². The summed E-state index contributed by atoms with van der Waals surface area (Å²) in [5, 5.41) is 10.7. The van der Waals surface area contributed by atoms with Crippen LogP contribution in [0.3, 0.4) is 0 Å². The number of hydrogen-bond acceptors (Lipinski definition) is 3. The Morgan fingerprint density at radius 1 is 1.50 bits per heavy atom. The molecule has 114 valence electrons. The van der Waals surface area contributed by atoms with Gasteiger partial charge in [0.05, 0.1) is 5.60 Å². The summed E-state index contributed by atoms with van der Waals surface area (Å²) in [5.74, 6) is 1.82. The van der Waals surface area contributed by atoms with Crippen molar-refractivity contribution in [2.75, 3.05) is 6.61 Å². The first-order valence-electron chi connectivity index (χ1n) is 7.86. The Balaban J connectivity index is 2.17. The van der Waals surface area contributed by atoms with Crippen molar-refractivity contribution in [1.29, 1.82) is 0 Å². The van der Waals surface area contributed by atoms with Gasteiger partial charge in [-0.3, -0.25) is 4.79 Å². The van der Waals surface area contributed by atoms with Gasteiger partial charge >= 0.3 is 5.97 Å². The molecule has 0 bridgehead atoms. The van der Waals surface area contributed by atoms with E-state index in [9.17, 15) is 9.90 Å². The van der Waals surface area contributed by atoms with Crippen molar-refractivity contribution in [3.05, 3.63) is 11.6 Å². The molecule has 2 aliphatic carbocycles. The number of fused-ring (bicyclic) bond motifs is 1. The molecule has 2 rings (SSSR count). The second kappa shape index (κ2) is 5.88. The molecule has 0 unspecified atom stereocenters. The van der Waals surface area contributed by atoms with E-state index in [0.717, 1.165) is 25.7 Å². The fourth-order valence-electron chi connectivity index (χ4n) is 4.08. The van der Waals surface area contributed by atoms with Crippen LogP contribution in [-0.2, 0) is 9.53 Å². The Morgan fingerprint density at radius 2 is 2.20 bits per heavy atom. The molecular weight excluding hydrogens is 252 g/mol. The molecule has 1 fully saturated rings. The molecule has 0 amide bonds. The smallest absolute Gasteiger partial charge is 0.302 e. The maximum absolute atomic E-state index is 11.0. The monoisotopic (exact) mass is 280 g/mol. The van der Waals surface area contributed by atoms with Gasteiger partial charge in [-0.15, -0.1) is 0 Å². The molecule has 3 heteroatoms. The van der Waals surface area contributed by atoms with E-state index in [-0.39, 0.29) is 5.97 Å². The Morgan fingerprint density at radius 3 is 2.80 bits per heavy atom. The lowest BCUT2D eigenvalue weighted by atomic mass is 9.58. The zero-order chi connectivity index (χ0) is 14.9. The highest BCUT2D eigenvalue weighted by molar-refractivity contribution is 5.66. The predicted octanol–water partition coefficient (Wildman–Crippen LogP) is 3.32. The molecule has 0 aromatic carbocycles. The molecule has 0 aliphatic heterocycles. The van der Waals surface area contributed by atoms with Gasteiger partial charge in [0, 0.05) is 6.92 Å². The highest BCUT2D eigenvalue weighted by Crippen LogP contribution is 2.49. The number of carbonyl (C=O) groups excluding carboxylic acids is 1. The lowest BCUT2D eigenvalue weighted by Crippen LogP contribution is -2.48. The van der Waals surface area contributed by atoms with E-state index in [1.165, 1.54) is 12.5 Å². The lowest BCUT2D eigenvalue weighted by Gasteiger charge is -2.49. The van der Waals surface area contributed by atoms with E-state index in [2.05, 4.69) is 19.9 Å². The van der Waals surface area contributed by atoms with Gasteiger partial charge in [-0.2, -0.15) is 0 Å². The molecule has 4 atom stereocenters. The standard InChI is InChI=1S/C17H28O3/c1-11(2)14-7-8-17(4,19)16-6-5-13(9-15(14)16)10-20-12(3)18/h9,11,14-16,19H,5-8,10H2,1-4H3/t14-,15-,16+,17-/m0/s1. The summed E-state index contributed by atoms with van der Waals surface area (Å²) in [6, 6.07) is 0. The Hall–Kier alpha value is -0.830. The van der Waals surface area contributed by atoms with E-state index in [0.29, 0.717) is 30.3 Å². The van der Waals surface area contributed by atoms with Crippen molar-refractivity contribution in [2.24, 2.45) is 23.7 Å². The minimum absolute atomic E-state index is 0.218. The molecule has 0 heterocycles. The molecule has 1 N–H and O–H groups in total. The summed E-state index contributed by atoms with van der Waals surface area (Å²) < 4.78 is 5.14. The predicted molar refractivity (Wildman–Crippen MR) is 79.1 cm³/mol. The highest BCUT2D eigenvalue weighted by atomic mass is 16.5. The lowest BCUT2D eigenvalue weighted by molar-refractivity contribution is -0.140. The van der Waals surface area contributed by atoms with Crippen molar-refractivity contribution in [3.8, 4) is 0 Å². The molecule has 20 heavy (non-hydrogen) atoms. The zero-order valence-electron chi connectivity index (χ0n) is 13.2. The summed E-state index contributed by atoms with van der Waals surface area (Å²) >= 11 is 0. The number of rotatable bonds is 3. The summed E-state index contributed by atoms with van der Waals surface area (Å²) in [4.78, 5) is 11.0. The van der Waals surface area contributed by atoms with Crippen molar-refractivity contribution in [1.82, 2.24) is 0 Å². The van der Waals surface area contributed by atoms with Crippen LogP contribution in [0, 0.1) is 23.7 Å². The second-order valence-electron chi connectivity index (χ2n) is 7.13. The Bertz CT molecular complexity index is 395. The average Bonchev–Trinajstić information content (AvgIpc) is 2.35. The van der Waals surface area contributed by atoms with Crippen LogP contribution in [0.5, 0.6) is 0 Å². The van der Waals surface area contributed by atoms with Gasteiger partial charge in [-0.1, -0.05) is 19.9 Å². The van der Waals surface area contributed by atoms with Gasteiger partial charge in [0.1, 0.15) is 6.61 Å². The normalized spacial score (nSPS) is 37.3. The molecule has 0 aromatic heterocycles. The van der Waals surface area contributed by atoms with Gasteiger partial charge in [0.15, 0.2) is 0 Å². The largest absolute Gasteiger partial charge is 0.461 e.